The van der Waals surface area contributed by atoms with Gasteiger partial charge in [-0.1, -0.05) is 36.8 Å². The quantitative estimate of drug-likeness (QED) is 0.647. The Kier molecular flexibility index (Phi) is 6.36. The van der Waals surface area contributed by atoms with Crippen LogP contribution in [0.2, 0.25) is 0 Å². The van der Waals surface area contributed by atoms with Crippen LogP contribution >= 0.6 is 0 Å². The zero-order chi connectivity index (χ0) is 11.8. The van der Waals surface area contributed by atoms with Gasteiger partial charge in [0.2, 0.25) is 0 Å². The van der Waals surface area contributed by atoms with E-state index in [-0.39, 0.29) is 41.0 Å². The minimum Gasteiger partial charge on any atom is -0.642 e. The van der Waals surface area contributed by atoms with Crippen molar-refractivity contribution in [1.82, 2.24) is 0 Å². The molecule has 1 aromatic rings. The molecule has 18 heavy (non-hydrogen) atoms. The molecule has 0 unspecified atom stereocenters. The summed E-state index contributed by atoms with van der Waals surface area (Å²) in [6, 6.07) is 8.62. The number of amides is 1. The summed E-state index contributed by atoms with van der Waals surface area (Å²) in [7, 11) is 0. The fraction of sp³-hybridized carbons (Fsp3) is 0.364. The normalized spacial score (nSPS) is 21.3. The van der Waals surface area contributed by atoms with E-state index in [0.717, 1.165) is 5.56 Å². The molecule has 2 rings (SSSR count). The molecule has 1 aliphatic carbocycles. The van der Waals surface area contributed by atoms with Crippen LogP contribution in [-0.4, -0.2) is 23.6 Å². The molecule has 1 aliphatic rings. The maximum Gasteiger partial charge on any atom is 1.00 e. The van der Waals surface area contributed by atoms with Crippen molar-refractivity contribution in [3.8, 4) is 0 Å². The number of hydrogen-bond donors (Lipinski definition) is 0. The van der Waals surface area contributed by atoms with E-state index in [1.807, 2.05) is 30.3 Å². The number of nitrogens with zero attached hydrogens (tertiary/aromatic N) is 1. The van der Waals surface area contributed by atoms with Crippen LogP contribution in [0.1, 0.15) is 17.9 Å². The van der Waals surface area contributed by atoms with Gasteiger partial charge in [-0.15, -0.1) is 6.04 Å². The van der Waals surface area contributed by atoms with Gasteiger partial charge in [0.15, 0.2) is 5.91 Å². The molecule has 0 spiro atoms. The second kappa shape index (κ2) is 6.56. The van der Waals surface area contributed by atoms with Crippen LogP contribution in [0, 0.1) is 0 Å². The first-order chi connectivity index (χ1) is 7.48. The van der Waals surface area contributed by atoms with E-state index in [1.165, 1.54) is 0 Å². The van der Waals surface area contributed by atoms with E-state index >= 15 is 0 Å². The molecule has 1 fully saturated rings. The van der Waals surface area contributed by atoms with Crippen molar-refractivity contribution in [2.75, 3.05) is 0 Å². The average Bonchev–Trinajstić information content (AvgIpc) is 2.97. The van der Waals surface area contributed by atoms with E-state index in [1.54, 1.807) is 0 Å². The van der Waals surface area contributed by atoms with Gasteiger partial charge in [0.05, 0.1) is 0 Å². The van der Waals surface area contributed by atoms with Gasteiger partial charge >= 0.3 is 35.7 Å². The predicted molar refractivity (Wildman–Crippen MR) is 55.6 cm³/mol. The molecule has 0 bridgehead atoms. The first kappa shape index (κ1) is 17.4. The molecule has 1 amide bonds. The van der Waals surface area contributed by atoms with E-state index in [2.05, 4.69) is 5.32 Å². The number of benzene rings is 1. The Labute approximate surface area is 124 Å². The van der Waals surface area contributed by atoms with Gasteiger partial charge in [0.1, 0.15) is 0 Å². The van der Waals surface area contributed by atoms with E-state index in [4.69, 9.17) is 0 Å². The van der Waals surface area contributed by atoms with Crippen molar-refractivity contribution < 1.29 is 53.0 Å². The molecule has 2 N–H and O–H groups in total. The largest absolute Gasteiger partial charge is 1.00 e. The van der Waals surface area contributed by atoms with Crippen molar-refractivity contribution in [2.45, 2.75) is 24.6 Å². The summed E-state index contributed by atoms with van der Waals surface area (Å²) in [5, 5.41) is 3.15. The molecule has 1 aromatic carbocycles. The topological polar surface area (TPSA) is 62.7 Å². The third-order valence-electron chi connectivity index (χ3n) is 2.51. The Balaban J connectivity index is 0.00000144. The van der Waals surface area contributed by atoms with E-state index < -0.39 is 18.1 Å². The predicted octanol–water partition coefficient (Wildman–Crippen LogP) is -0.816. The first-order valence-electron chi connectivity index (χ1n) is 4.85. The Morgan fingerprint density at radius 1 is 1.22 bits per heavy atom. The van der Waals surface area contributed by atoms with Crippen LogP contribution in [0.15, 0.2) is 30.3 Å². The minimum absolute atomic E-state index is 0. The van der Waals surface area contributed by atoms with Crippen molar-refractivity contribution in [3.63, 3.8) is 0 Å². The molecular formula is C11H11F3NNaO2. The molecule has 2 atom stereocenters. The van der Waals surface area contributed by atoms with Gasteiger partial charge in [-0.05, 0) is 11.5 Å². The number of hydrogen-bond acceptors (Lipinski definition) is 1. The Hall–Kier alpha value is -0.560. The van der Waals surface area contributed by atoms with Gasteiger partial charge in [-0.2, -0.15) is 13.2 Å². The van der Waals surface area contributed by atoms with Crippen LogP contribution in [0.5, 0.6) is 0 Å². The molecule has 0 aromatic heterocycles. The molecule has 3 nitrogen and oxygen atoms in total. The van der Waals surface area contributed by atoms with Crippen molar-refractivity contribution in [2.24, 2.45) is 0 Å². The second-order valence-corrected chi connectivity index (χ2v) is 3.75. The summed E-state index contributed by atoms with van der Waals surface area (Å²) in [5.74, 6) is -2.01. The summed E-state index contributed by atoms with van der Waals surface area (Å²) < 4.78 is 35.8. The number of halogens is 3. The summed E-state index contributed by atoms with van der Waals surface area (Å²) >= 11 is 0. The Morgan fingerprint density at radius 2 is 1.78 bits per heavy atom. The number of rotatable bonds is 2. The minimum atomic E-state index is -4.84. The number of alkyl halides is 3. The third-order valence-corrected chi connectivity index (χ3v) is 2.51. The third kappa shape index (κ3) is 4.28. The zero-order valence-electron chi connectivity index (χ0n) is 9.74. The first-order valence-corrected chi connectivity index (χ1v) is 4.85. The fourth-order valence-electron chi connectivity index (χ4n) is 1.61. The van der Waals surface area contributed by atoms with Gasteiger partial charge < -0.3 is 15.6 Å². The van der Waals surface area contributed by atoms with Gasteiger partial charge in [0.25, 0.3) is 0 Å². The standard InChI is InChI=1S/C11H10F3NO.Na.H2O/c12-11(13,14)10(16)15-9-6-8(9)7-4-2-1-3-5-7;;/h1-5,8-9H,6H2,(H,15,16);;1H2/q;+1;/p-1/t8-,9+;;/m0../s1. The van der Waals surface area contributed by atoms with E-state index in [9.17, 15) is 18.0 Å². The monoisotopic (exact) mass is 269 g/mol. The maximum atomic E-state index is 11.9. The Bertz CT molecular complexity index is 397. The van der Waals surface area contributed by atoms with Gasteiger partial charge in [0, 0.05) is 0 Å². The summed E-state index contributed by atoms with van der Waals surface area (Å²) in [6.07, 6.45) is -4.32. The Morgan fingerprint density at radius 3 is 2.28 bits per heavy atom. The molecule has 0 heterocycles. The van der Waals surface area contributed by atoms with Gasteiger partial charge in [-0.3, -0.25) is 0 Å². The molecular weight excluding hydrogens is 258 g/mol. The summed E-state index contributed by atoms with van der Waals surface area (Å²) in [6.45, 7) is 0. The van der Waals surface area contributed by atoms with Crippen molar-refractivity contribution in [1.29, 1.82) is 0 Å². The average molecular weight is 269 g/mol. The molecule has 7 heteroatoms. The molecule has 0 saturated heterocycles. The molecule has 0 radical (unpaired) electrons. The maximum absolute atomic E-state index is 11.9. The van der Waals surface area contributed by atoms with Crippen LogP contribution in [0.4, 0.5) is 13.2 Å². The van der Waals surface area contributed by atoms with Crippen molar-refractivity contribution >= 4 is 5.91 Å². The number of carbonyl (C=O) groups excluding carboxylic acids is 1. The SMILES string of the molecule is O.O=C([N-][C@@H]1C[C@H]1c1ccccc1)C(F)(F)F.[Na+]. The molecule has 94 valence electrons. The molecule has 0 aliphatic heterocycles. The number of carbonyl (C=O) groups is 1. The summed E-state index contributed by atoms with van der Waals surface area (Å²) in [4.78, 5) is 10.6. The zero-order valence-corrected chi connectivity index (χ0v) is 11.7. The summed E-state index contributed by atoms with van der Waals surface area (Å²) in [5.41, 5.74) is 0.936. The van der Waals surface area contributed by atoms with Crippen LogP contribution in [0.25, 0.3) is 5.32 Å². The van der Waals surface area contributed by atoms with Crippen LogP contribution in [-0.2, 0) is 4.79 Å². The van der Waals surface area contributed by atoms with Gasteiger partial charge in [-0.25, -0.2) is 0 Å². The second-order valence-electron chi connectivity index (χ2n) is 3.75. The smallest absolute Gasteiger partial charge is 0.642 e. The molecule has 1 saturated carbocycles. The van der Waals surface area contributed by atoms with Crippen LogP contribution < -0.4 is 29.6 Å². The van der Waals surface area contributed by atoms with Crippen molar-refractivity contribution in [3.05, 3.63) is 41.2 Å². The van der Waals surface area contributed by atoms with Crippen LogP contribution in [0.3, 0.4) is 0 Å². The fourth-order valence-corrected chi connectivity index (χ4v) is 1.61. The van der Waals surface area contributed by atoms with E-state index in [0.29, 0.717) is 6.42 Å².